The Morgan fingerprint density at radius 2 is 2.23 bits per heavy atom. The first-order chi connectivity index (χ1) is 6.25. The van der Waals surface area contributed by atoms with Crippen molar-refractivity contribution >= 4 is 11.4 Å². The number of nitro benzene ring substituents is 1. The number of anilines is 1. The van der Waals surface area contributed by atoms with E-state index in [-0.39, 0.29) is 12.4 Å². The topological polar surface area (TPSA) is 64.4 Å². The third kappa shape index (κ3) is 2.41. The van der Waals surface area contributed by atoms with Crippen LogP contribution in [0.1, 0.15) is 0 Å². The molecule has 0 atom stereocenters. The Morgan fingerprint density at radius 3 is 2.85 bits per heavy atom. The van der Waals surface area contributed by atoms with Crippen LogP contribution >= 0.6 is 0 Å². The van der Waals surface area contributed by atoms with Crippen LogP contribution in [0.2, 0.25) is 0 Å². The zero-order valence-electron chi connectivity index (χ0n) is 7.19. The van der Waals surface area contributed by atoms with Gasteiger partial charge in [0.25, 0.3) is 5.69 Å². The van der Waals surface area contributed by atoms with E-state index in [1.165, 1.54) is 13.2 Å². The third-order valence-electron chi connectivity index (χ3n) is 1.51. The standard InChI is InChI=1S/C8H10N2O3/c1-13-6-9-7-4-2-3-5-8(7)10(11)12/h2-5,9H,6H2,1H3. The first-order valence-corrected chi connectivity index (χ1v) is 3.72. The van der Waals surface area contributed by atoms with E-state index < -0.39 is 4.92 Å². The zero-order chi connectivity index (χ0) is 9.68. The van der Waals surface area contributed by atoms with E-state index in [1.54, 1.807) is 18.2 Å². The van der Waals surface area contributed by atoms with E-state index in [0.717, 1.165) is 0 Å². The molecule has 0 unspecified atom stereocenters. The maximum Gasteiger partial charge on any atom is 0.292 e. The highest BCUT2D eigenvalue weighted by molar-refractivity contribution is 5.60. The summed E-state index contributed by atoms with van der Waals surface area (Å²) in [7, 11) is 1.52. The minimum atomic E-state index is -0.433. The van der Waals surface area contributed by atoms with Crippen molar-refractivity contribution in [2.45, 2.75) is 0 Å². The van der Waals surface area contributed by atoms with E-state index >= 15 is 0 Å². The summed E-state index contributed by atoms with van der Waals surface area (Å²) in [6.45, 7) is 0.255. The number of hydrogen-bond donors (Lipinski definition) is 1. The fourth-order valence-electron chi connectivity index (χ4n) is 0.932. The van der Waals surface area contributed by atoms with Crippen LogP contribution in [0.4, 0.5) is 11.4 Å². The Hall–Kier alpha value is -1.62. The first-order valence-electron chi connectivity index (χ1n) is 3.72. The molecule has 0 radical (unpaired) electrons. The molecule has 0 bridgehead atoms. The van der Waals surface area contributed by atoms with Crippen LogP contribution in [-0.2, 0) is 4.74 Å². The monoisotopic (exact) mass is 182 g/mol. The van der Waals surface area contributed by atoms with Crippen LogP contribution in [0.15, 0.2) is 24.3 Å². The number of ether oxygens (including phenoxy) is 1. The average molecular weight is 182 g/mol. The second-order valence-corrected chi connectivity index (χ2v) is 2.38. The van der Waals surface area contributed by atoms with Crippen molar-refractivity contribution in [2.75, 3.05) is 19.2 Å². The van der Waals surface area contributed by atoms with Gasteiger partial charge in [0, 0.05) is 13.2 Å². The Bertz CT molecular complexity index is 301. The second kappa shape index (κ2) is 4.42. The maximum atomic E-state index is 10.5. The number of para-hydroxylation sites is 2. The Kier molecular flexibility index (Phi) is 3.22. The molecule has 0 amide bonds. The molecular formula is C8H10N2O3. The van der Waals surface area contributed by atoms with Gasteiger partial charge in [0.05, 0.1) is 4.92 Å². The molecule has 5 heteroatoms. The molecule has 0 spiro atoms. The van der Waals surface area contributed by atoms with E-state index in [1.807, 2.05) is 0 Å². The summed E-state index contributed by atoms with van der Waals surface area (Å²) < 4.78 is 4.75. The van der Waals surface area contributed by atoms with E-state index in [4.69, 9.17) is 4.74 Å². The van der Waals surface area contributed by atoms with Crippen molar-refractivity contribution in [3.05, 3.63) is 34.4 Å². The summed E-state index contributed by atoms with van der Waals surface area (Å²) in [5, 5.41) is 13.3. The van der Waals surface area contributed by atoms with Crippen LogP contribution in [0, 0.1) is 10.1 Å². The number of nitro groups is 1. The van der Waals surface area contributed by atoms with Crippen molar-refractivity contribution in [1.82, 2.24) is 0 Å². The van der Waals surface area contributed by atoms with Gasteiger partial charge < -0.3 is 10.1 Å². The van der Waals surface area contributed by atoms with Gasteiger partial charge in [-0.25, -0.2) is 0 Å². The number of nitrogens with zero attached hydrogens (tertiary/aromatic N) is 1. The van der Waals surface area contributed by atoms with Gasteiger partial charge in [-0.3, -0.25) is 10.1 Å². The fraction of sp³-hybridized carbons (Fsp3) is 0.250. The third-order valence-corrected chi connectivity index (χ3v) is 1.51. The quantitative estimate of drug-likeness (QED) is 0.436. The van der Waals surface area contributed by atoms with Crippen LogP contribution in [0.25, 0.3) is 0 Å². The normalized spacial score (nSPS) is 9.62. The van der Waals surface area contributed by atoms with Gasteiger partial charge in [0.2, 0.25) is 0 Å². The average Bonchev–Trinajstić information content (AvgIpc) is 2.15. The van der Waals surface area contributed by atoms with Crippen molar-refractivity contribution in [3.8, 4) is 0 Å². The molecule has 0 aliphatic rings. The molecule has 0 fully saturated rings. The molecular weight excluding hydrogens is 172 g/mol. The van der Waals surface area contributed by atoms with Crippen LogP contribution < -0.4 is 5.32 Å². The van der Waals surface area contributed by atoms with Gasteiger partial charge >= 0.3 is 0 Å². The van der Waals surface area contributed by atoms with Gasteiger partial charge in [-0.2, -0.15) is 0 Å². The molecule has 0 aliphatic heterocycles. The molecule has 0 saturated carbocycles. The van der Waals surface area contributed by atoms with Crippen molar-refractivity contribution in [3.63, 3.8) is 0 Å². The highest BCUT2D eigenvalue weighted by Crippen LogP contribution is 2.22. The van der Waals surface area contributed by atoms with Gasteiger partial charge in [-0.1, -0.05) is 12.1 Å². The summed E-state index contributed by atoms with van der Waals surface area (Å²) in [5.41, 5.74) is 0.522. The van der Waals surface area contributed by atoms with E-state index in [0.29, 0.717) is 5.69 Å². The number of methoxy groups -OCH3 is 1. The van der Waals surface area contributed by atoms with E-state index in [2.05, 4.69) is 5.32 Å². The lowest BCUT2D eigenvalue weighted by atomic mass is 10.3. The second-order valence-electron chi connectivity index (χ2n) is 2.38. The number of rotatable bonds is 4. The lowest BCUT2D eigenvalue weighted by Gasteiger charge is -2.04. The molecule has 0 saturated heterocycles. The smallest absolute Gasteiger partial charge is 0.292 e. The van der Waals surface area contributed by atoms with Crippen LogP contribution in [-0.4, -0.2) is 18.8 Å². The predicted molar refractivity (Wildman–Crippen MR) is 48.6 cm³/mol. The van der Waals surface area contributed by atoms with Crippen molar-refractivity contribution in [1.29, 1.82) is 0 Å². The molecule has 0 aromatic heterocycles. The first kappa shape index (κ1) is 9.47. The molecule has 0 aliphatic carbocycles. The maximum absolute atomic E-state index is 10.5. The SMILES string of the molecule is COCNc1ccccc1[N+](=O)[O-]. The lowest BCUT2D eigenvalue weighted by Crippen LogP contribution is -2.05. The molecule has 0 heterocycles. The highest BCUT2D eigenvalue weighted by Gasteiger charge is 2.10. The van der Waals surface area contributed by atoms with E-state index in [9.17, 15) is 10.1 Å². The number of hydrogen-bond acceptors (Lipinski definition) is 4. The van der Waals surface area contributed by atoms with Gasteiger partial charge in [-0.15, -0.1) is 0 Å². The Balaban J connectivity index is 2.84. The molecule has 1 aromatic carbocycles. The predicted octanol–water partition coefficient (Wildman–Crippen LogP) is 1.61. The van der Waals surface area contributed by atoms with Crippen LogP contribution in [0.5, 0.6) is 0 Å². The molecule has 1 N–H and O–H groups in total. The molecule has 1 rings (SSSR count). The Morgan fingerprint density at radius 1 is 1.54 bits per heavy atom. The molecule has 1 aromatic rings. The highest BCUT2D eigenvalue weighted by atomic mass is 16.6. The van der Waals surface area contributed by atoms with Gasteiger partial charge in [0.15, 0.2) is 0 Å². The fourth-order valence-corrected chi connectivity index (χ4v) is 0.932. The van der Waals surface area contributed by atoms with Crippen molar-refractivity contribution < 1.29 is 9.66 Å². The van der Waals surface area contributed by atoms with Crippen LogP contribution in [0.3, 0.4) is 0 Å². The molecule has 13 heavy (non-hydrogen) atoms. The van der Waals surface area contributed by atoms with Gasteiger partial charge in [0.1, 0.15) is 12.4 Å². The van der Waals surface area contributed by atoms with Crippen molar-refractivity contribution in [2.24, 2.45) is 0 Å². The largest absolute Gasteiger partial charge is 0.365 e. The minimum Gasteiger partial charge on any atom is -0.365 e. The summed E-state index contributed by atoms with van der Waals surface area (Å²) >= 11 is 0. The van der Waals surface area contributed by atoms with Gasteiger partial charge in [-0.05, 0) is 6.07 Å². The minimum absolute atomic E-state index is 0.0551. The Labute approximate surface area is 75.5 Å². The summed E-state index contributed by atoms with van der Waals surface area (Å²) in [5.74, 6) is 0. The molecule has 5 nitrogen and oxygen atoms in total. The summed E-state index contributed by atoms with van der Waals surface area (Å²) in [6, 6.07) is 6.43. The lowest BCUT2D eigenvalue weighted by molar-refractivity contribution is -0.384. The summed E-state index contributed by atoms with van der Waals surface area (Å²) in [6.07, 6.45) is 0. The molecule has 70 valence electrons. The summed E-state index contributed by atoms with van der Waals surface area (Å²) in [4.78, 5) is 10.1. The number of benzene rings is 1. The zero-order valence-corrected chi connectivity index (χ0v) is 7.19. The number of nitrogens with one attached hydrogen (secondary N) is 1.